The summed E-state index contributed by atoms with van der Waals surface area (Å²) >= 11 is 0.926. The van der Waals surface area contributed by atoms with E-state index in [1.165, 1.54) is 18.0 Å². The van der Waals surface area contributed by atoms with Crippen molar-refractivity contribution >= 4 is 40.2 Å². The molecule has 0 aromatic carbocycles. The van der Waals surface area contributed by atoms with E-state index in [0.717, 1.165) is 16.2 Å². The number of carboxylic acids is 1. The minimum Gasteiger partial charge on any atom is -0.477 e. The molecule has 1 fully saturated rings. The smallest absolute Gasteiger partial charge is 0.346 e. The third-order valence-corrected chi connectivity index (χ3v) is 4.05. The molecule has 1 aromatic heterocycles. The predicted molar refractivity (Wildman–Crippen MR) is 74.4 cm³/mol. The molecule has 112 valence electrons. The second-order valence-electron chi connectivity index (χ2n) is 4.59. The Balaban J connectivity index is 2.02. The Bertz CT molecular complexity index is 639. The lowest BCUT2D eigenvalue weighted by Crippen LogP contribution is -2.38. The van der Waals surface area contributed by atoms with Crippen LogP contribution in [0.25, 0.3) is 0 Å². The Labute approximate surface area is 123 Å². The van der Waals surface area contributed by atoms with E-state index in [4.69, 9.17) is 5.11 Å². The van der Waals surface area contributed by atoms with Crippen molar-refractivity contribution in [3.05, 3.63) is 16.5 Å². The van der Waals surface area contributed by atoms with Crippen LogP contribution in [0.3, 0.4) is 0 Å². The monoisotopic (exact) mass is 311 g/mol. The van der Waals surface area contributed by atoms with Gasteiger partial charge in [-0.2, -0.15) is 0 Å². The number of aryl methyl sites for hydroxylation is 1. The molecule has 0 bridgehead atoms. The van der Waals surface area contributed by atoms with E-state index in [-0.39, 0.29) is 18.0 Å². The van der Waals surface area contributed by atoms with E-state index in [9.17, 15) is 19.2 Å². The van der Waals surface area contributed by atoms with Crippen LogP contribution in [0, 0.1) is 6.92 Å². The molecule has 1 saturated heterocycles. The molecule has 4 amide bonds. The molecule has 0 saturated carbocycles. The number of urea groups is 1. The van der Waals surface area contributed by atoms with Gasteiger partial charge >= 0.3 is 12.0 Å². The Hall–Kier alpha value is -2.42. The predicted octanol–water partition coefficient (Wildman–Crippen LogP) is 0.587. The number of anilines is 1. The van der Waals surface area contributed by atoms with E-state index < -0.39 is 23.8 Å². The number of thiophene rings is 1. The van der Waals surface area contributed by atoms with E-state index in [1.807, 2.05) is 0 Å². The van der Waals surface area contributed by atoms with Gasteiger partial charge in [0.05, 0.1) is 5.00 Å². The first kappa shape index (κ1) is 15.0. The number of carbonyl (C=O) groups excluding carboxylic acids is 3. The van der Waals surface area contributed by atoms with Crippen LogP contribution in [0.4, 0.5) is 9.80 Å². The van der Waals surface area contributed by atoms with Crippen molar-refractivity contribution in [2.75, 3.05) is 25.5 Å². The number of aromatic carboxylic acids is 1. The average Bonchev–Trinajstić information content (AvgIpc) is 2.85. The van der Waals surface area contributed by atoms with E-state index in [2.05, 4.69) is 5.32 Å². The summed E-state index contributed by atoms with van der Waals surface area (Å²) in [5.41, 5.74) is 0.538. The summed E-state index contributed by atoms with van der Waals surface area (Å²) in [7, 11) is 1.47. The quantitative estimate of drug-likeness (QED) is 0.791. The molecule has 0 aliphatic carbocycles. The van der Waals surface area contributed by atoms with Crippen LogP contribution in [0.2, 0.25) is 0 Å². The minimum atomic E-state index is -1.07. The standard InChI is InChI=1S/C12H13N3O5S/c1-6-3-8(21-10(6)11(18)19)13-7(16)4-15-9(17)5-14(2)12(15)20/h3H,4-5H2,1-2H3,(H,13,16)(H,18,19). The van der Waals surface area contributed by atoms with Gasteiger partial charge in [0.15, 0.2) is 0 Å². The van der Waals surface area contributed by atoms with Gasteiger partial charge in [-0.3, -0.25) is 14.5 Å². The summed E-state index contributed by atoms with van der Waals surface area (Å²) in [6.07, 6.45) is 0. The highest BCUT2D eigenvalue weighted by atomic mass is 32.1. The lowest BCUT2D eigenvalue weighted by atomic mass is 10.3. The number of carboxylic acid groups (broad SMARTS) is 1. The number of nitrogens with one attached hydrogen (secondary N) is 1. The van der Waals surface area contributed by atoms with Crippen LogP contribution in [-0.2, 0) is 9.59 Å². The zero-order valence-electron chi connectivity index (χ0n) is 11.4. The largest absolute Gasteiger partial charge is 0.477 e. The zero-order valence-corrected chi connectivity index (χ0v) is 12.2. The molecular formula is C12H13N3O5S. The molecule has 2 heterocycles. The summed E-state index contributed by atoms with van der Waals surface area (Å²) in [5.74, 6) is -2.05. The molecule has 1 aromatic rings. The Morgan fingerprint density at radius 3 is 2.57 bits per heavy atom. The number of hydrogen-bond donors (Lipinski definition) is 2. The molecule has 21 heavy (non-hydrogen) atoms. The highest BCUT2D eigenvalue weighted by molar-refractivity contribution is 7.18. The topological polar surface area (TPSA) is 107 Å². The molecule has 0 atom stereocenters. The van der Waals surface area contributed by atoms with Crippen molar-refractivity contribution < 1.29 is 24.3 Å². The van der Waals surface area contributed by atoms with E-state index >= 15 is 0 Å². The number of imide groups is 1. The van der Waals surface area contributed by atoms with E-state index in [1.54, 1.807) is 6.92 Å². The first-order chi connectivity index (χ1) is 9.79. The number of likely N-dealkylation sites (N-methyl/N-ethyl adjacent to an activating group) is 1. The Morgan fingerprint density at radius 2 is 2.10 bits per heavy atom. The second kappa shape index (κ2) is 5.52. The molecule has 0 spiro atoms. The molecule has 9 heteroatoms. The fourth-order valence-electron chi connectivity index (χ4n) is 1.90. The molecule has 0 unspecified atom stereocenters. The van der Waals surface area contributed by atoms with Crippen LogP contribution >= 0.6 is 11.3 Å². The maximum absolute atomic E-state index is 11.8. The average molecular weight is 311 g/mol. The number of rotatable bonds is 4. The van der Waals surface area contributed by atoms with Crippen molar-refractivity contribution in [2.45, 2.75) is 6.92 Å². The summed E-state index contributed by atoms with van der Waals surface area (Å²) in [4.78, 5) is 48.1. The van der Waals surface area contributed by atoms with Crippen molar-refractivity contribution in [2.24, 2.45) is 0 Å². The van der Waals surface area contributed by atoms with Crippen LogP contribution in [0.15, 0.2) is 6.07 Å². The maximum atomic E-state index is 11.8. The summed E-state index contributed by atoms with van der Waals surface area (Å²) in [6.45, 7) is 1.19. The fourth-order valence-corrected chi connectivity index (χ4v) is 2.83. The van der Waals surface area contributed by atoms with Gasteiger partial charge in [0.25, 0.3) is 5.91 Å². The SMILES string of the molecule is Cc1cc(NC(=O)CN2C(=O)CN(C)C2=O)sc1C(=O)O. The molecular weight excluding hydrogens is 298 g/mol. The van der Waals surface area contributed by atoms with Gasteiger partial charge in [-0.1, -0.05) is 0 Å². The molecule has 2 rings (SSSR count). The molecule has 1 aliphatic rings. The third-order valence-electron chi connectivity index (χ3n) is 2.91. The van der Waals surface area contributed by atoms with Crippen LogP contribution in [0.5, 0.6) is 0 Å². The lowest BCUT2D eigenvalue weighted by molar-refractivity contribution is -0.129. The zero-order chi connectivity index (χ0) is 15.7. The van der Waals surface area contributed by atoms with Gasteiger partial charge < -0.3 is 15.3 Å². The van der Waals surface area contributed by atoms with Gasteiger partial charge in [-0.25, -0.2) is 9.59 Å². The van der Waals surface area contributed by atoms with Gasteiger partial charge in [0, 0.05) is 7.05 Å². The normalized spacial score (nSPS) is 14.8. The number of nitrogens with zero attached hydrogens (tertiary/aromatic N) is 2. The minimum absolute atomic E-state index is 0.0482. The maximum Gasteiger partial charge on any atom is 0.346 e. The van der Waals surface area contributed by atoms with Gasteiger partial charge in [-0.15, -0.1) is 11.3 Å². The van der Waals surface area contributed by atoms with Crippen molar-refractivity contribution in [1.82, 2.24) is 9.80 Å². The first-order valence-electron chi connectivity index (χ1n) is 5.98. The number of carbonyl (C=O) groups is 4. The first-order valence-corrected chi connectivity index (χ1v) is 6.80. The summed E-state index contributed by atoms with van der Waals surface area (Å²) < 4.78 is 0. The highest BCUT2D eigenvalue weighted by Crippen LogP contribution is 2.26. The van der Waals surface area contributed by atoms with Crippen molar-refractivity contribution in [1.29, 1.82) is 0 Å². The van der Waals surface area contributed by atoms with Gasteiger partial charge in [0.2, 0.25) is 5.91 Å². The van der Waals surface area contributed by atoms with Crippen molar-refractivity contribution in [3.63, 3.8) is 0 Å². The van der Waals surface area contributed by atoms with Gasteiger partial charge in [0.1, 0.15) is 18.0 Å². The Morgan fingerprint density at radius 1 is 1.43 bits per heavy atom. The Kier molecular flexibility index (Phi) is 3.94. The number of amides is 4. The fraction of sp³-hybridized carbons (Fsp3) is 0.333. The highest BCUT2D eigenvalue weighted by Gasteiger charge is 2.34. The van der Waals surface area contributed by atoms with Crippen LogP contribution < -0.4 is 5.32 Å². The third kappa shape index (κ3) is 3.02. The second-order valence-corrected chi connectivity index (χ2v) is 5.65. The molecule has 2 N–H and O–H groups in total. The van der Waals surface area contributed by atoms with Crippen molar-refractivity contribution in [3.8, 4) is 0 Å². The van der Waals surface area contributed by atoms with Crippen LogP contribution in [-0.4, -0.2) is 58.9 Å². The summed E-state index contributed by atoms with van der Waals surface area (Å²) in [5, 5.41) is 11.8. The summed E-state index contributed by atoms with van der Waals surface area (Å²) in [6, 6.07) is 1.01. The lowest BCUT2D eigenvalue weighted by Gasteiger charge is -2.13. The number of hydrogen-bond acceptors (Lipinski definition) is 5. The van der Waals surface area contributed by atoms with Gasteiger partial charge in [-0.05, 0) is 18.6 Å². The van der Waals surface area contributed by atoms with Crippen LogP contribution in [0.1, 0.15) is 15.2 Å². The molecule has 1 aliphatic heterocycles. The van der Waals surface area contributed by atoms with E-state index in [0.29, 0.717) is 10.6 Å². The molecule has 8 nitrogen and oxygen atoms in total. The molecule has 0 radical (unpaired) electrons.